The molecule has 1 atom stereocenters. The van der Waals surface area contributed by atoms with Gasteiger partial charge in [-0.1, -0.05) is 12.1 Å². The molecule has 3 N–H and O–H groups in total. The summed E-state index contributed by atoms with van der Waals surface area (Å²) < 4.78 is 0.834. The standard InChI is InChI=1S/C13H12BrN3O2/c14-11-3-1-2-10-12(17-6-9(19)7-18)8(4-15)5-16-13(10)11/h1-3,5,9,18-19H,6-7H2,(H,16,17)/t9-/m1/s1. The zero-order valence-corrected chi connectivity index (χ0v) is 11.6. The van der Waals surface area contributed by atoms with Crippen LogP contribution >= 0.6 is 15.9 Å². The molecule has 0 fully saturated rings. The Morgan fingerprint density at radius 1 is 1.47 bits per heavy atom. The first kappa shape index (κ1) is 13.7. The Bertz CT molecular complexity index is 640. The number of nitrogens with one attached hydrogen (secondary N) is 1. The molecule has 0 aliphatic carbocycles. The Labute approximate surface area is 118 Å². The summed E-state index contributed by atoms with van der Waals surface area (Å²) >= 11 is 3.41. The third-order valence-corrected chi connectivity index (χ3v) is 3.33. The molecule has 0 unspecified atom stereocenters. The molecule has 98 valence electrons. The number of para-hydroxylation sites is 1. The number of halogens is 1. The number of aliphatic hydroxyl groups is 2. The molecule has 1 heterocycles. The molecule has 5 nitrogen and oxygen atoms in total. The van der Waals surface area contributed by atoms with Gasteiger partial charge >= 0.3 is 0 Å². The van der Waals surface area contributed by atoms with Crippen molar-refractivity contribution >= 4 is 32.5 Å². The highest BCUT2D eigenvalue weighted by molar-refractivity contribution is 9.10. The van der Waals surface area contributed by atoms with E-state index >= 15 is 0 Å². The lowest BCUT2D eigenvalue weighted by molar-refractivity contribution is 0.105. The van der Waals surface area contributed by atoms with Crippen molar-refractivity contribution in [3.05, 3.63) is 34.4 Å². The van der Waals surface area contributed by atoms with Gasteiger partial charge in [0.1, 0.15) is 6.07 Å². The van der Waals surface area contributed by atoms with Gasteiger partial charge < -0.3 is 15.5 Å². The predicted octanol–water partition coefficient (Wildman–Crippen LogP) is 1.63. The third-order valence-electron chi connectivity index (χ3n) is 2.69. The van der Waals surface area contributed by atoms with Crippen molar-refractivity contribution in [1.29, 1.82) is 5.26 Å². The number of pyridine rings is 1. The smallest absolute Gasteiger partial charge is 0.103 e. The highest BCUT2D eigenvalue weighted by Gasteiger charge is 2.11. The quantitative estimate of drug-likeness (QED) is 0.796. The first-order valence-electron chi connectivity index (χ1n) is 5.67. The van der Waals surface area contributed by atoms with Gasteiger partial charge in [0.15, 0.2) is 0 Å². The molecule has 6 heteroatoms. The molecule has 2 rings (SSSR count). The predicted molar refractivity (Wildman–Crippen MR) is 75.7 cm³/mol. The maximum absolute atomic E-state index is 9.39. The molecule has 0 spiro atoms. The van der Waals surface area contributed by atoms with Crippen LogP contribution in [0.15, 0.2) is 28.9 Å². The molecule has 0 bridgehead atoms. The Hall–Kier alpha value is -1.68. The van der Waals surface area contributed by atoms with E-state index in [0.29, 0.717) is 11.3 Å². The number of hydrogen-bond donors (Lipinski definition) is 3. The first-order valence-corrected chi connectivity index (χ1v) is 6.46. The summed E-state index contributed by atoms with van der Waals surface area (Å²) in [7, 11) is 0. The van der Waals surface area contributed by atoms with Crippen LogP contribution in [0.4, 0.5) is 5.69 Å². The van der Waals surface area contributed by atoms with Crippen LogP contribution in [0.3, 0.4) is 0 Å². The molecule has 0 aliphatic heterocycles. The largest absolute Gasteiger partial charge is 0.394 e. The minimum absolute atomic E-state index is 0.163. The van der Waals surface area contributed by atoms with Crippen LogP contribution < -0.4 is 5.32 Å². The number of rotatable bonds is 4. The summed E-state index contributed by atoms with van der Waals surface area (Å²) in [6.45, 7) is -0.168. The monoisotopic (exact) mass is 321 g/mol. The highest BCUT2D eigenvalue weighted by atomic mass is 79.9. The molecule has 0 amide bonds. The lowest BCUT2D eigenvalue weighted by atomic mass is 10.1. The lowest BCUT2D eigenvalue weighted by Gasteiger charge is -2.14. The highest BCUT2D eigenvalue weighted by Crippen LogP contribution is 2.29. The summed E-state index contributed by atoms with van der Waals surface area (Å²) in [5.74, 6) is 0. The summed E-state index contributed by atoms with van der Waals surface area (Å²) in [6, 6.07) is 7.63. The van der Waals surface area contributed by atoms with E-state index in [2.05, 4.69) is 32.3 Å². The van der Waals surface area contributed by atoms with Gasteiger partial charge in [-0.2, -0.15) is 5.26 Å². The van der Waals surface area contributed by atoms with E-state index in [0.717, 1.165) is 15.4 Å². The minimum Gasteiger partial charge on any atom is -0.394 e. The summed E-state index contributed by atoms with van der Waals surface area (Å²) in [5, 5.41) is 31.1. The van der Waals surface area contributed by atoms with Crippen LogP contribution in [-0.2, 0) is 0 Å². The van der Waals surface area contributed by atoms with E-state index < -0.39 is 6.10 Å². The lowest BCUT2D eigenvalue weighted by Crippen LogP contribution is -2.23. The second-order valence-electron chi connectivity index (χ2n) is 4.01. The van der Waals surface area contributed by atoms with Crippen LogP contribution in [0.1, 0.15) is 5.56 Å². The van der Waals surface area contributed by atoms with Gasteiger partial charge in [0.2, 0.25) is 0 Å². The van der Waals surface area contributed by atoms with Crippen LogP contribution in [0.2, 0.25) is 0 Å². The Kier molecular flexibility index (Phi) is 4.32. The maximum atomic E-state index is 9.39. The SMILES string of the molecule is N#Cc1cnc2c(Br)cccc2c1NC[C@@H](O)CO. The van der Waals surface area contributed by atoms with Crippen LogP contribution in [-0.4, -0.2) is 34.5 Å². The number of aliphatic hydroxyl groups excluding tert-OH is 2. The number of benzene rings is 1. The van der Waals surface area contributed by atoms with Gasteiger partial charge in [-0.25, -0.2) is 0 Å². The van der Waals surface area contributed by atoms with Crippen molar-refractivity contribution in [3.8, 4) is 6.07 Å². The van der Waals surface area contributed by atoms with Gasteiger partial charge in [-0.05, 0) is 22.0 Å². The first-order chi connectivity index (χ1) is 9.17. The number of aromatic nitrogens is 1. The van der Waals surface area contributed by atoms with Gasteiger partial charge in [0.05, 0.1) is 29.5 Å². The van der Waals surface area contributed by atoms with Crippen molar-refractivity contribution in [1.82, 2.24) is 4.98 Å². The van der Waals surface area contributed by atoms with E-state index in [1.54, 1.807) is 0 Å². The van der Waals surface area contributed by atoms with Crippen molar-refractivity contribution in [3.63, 3.8) is 0 Å². The van der Waals surface area contributed by atoms with E-state index in [4.69, 9.17) is 10.4 Å². The number of fused-ring (bicyclic) bond motifs is 1. The normalized spacial score (nSPS) is 12.1. The van der Waals surface area contributed by atoms with Crippen molar-refractivity contribution < 1.29 is 10.2 Å². The van der Waals surface area contributed by atoms with Crippen molar-refractivity contribution in [2.75, 3.05) is 18.5 Å². The Morgan fingerprint density at radius 2 is 2.26 bits per heavy atom. The van der Waals surface area contributed by atoms with Crippen molar-refractivity contribution in [2.45, 2.75) is 6.10 Å². The van der Waals surface area contributed by atoms with Crippen LogP contribution in [0.25, 0.3) is 10.9 Å². The third kappa shape index (κ3) is 2.84. The molecule has 0 saturated carbocycles. The average Bonchev–Trinajstić information content (AvgIpc) is 2.44. The molecule has 0 aliphatic rings. The van der Waals surface area contributed by atoms with Gasteiger partial charge in [-0.15, -0.1) is 0 Å². The summed E-state index contributed by atoms with van der Waals surface area (Å²) in [4.78, 5) is 4.24. The van der Waals surface area contributed by atoms with E-state index in [1.165, 1.54) is 6.20 Å². The number of hydrogen-bond acceptors (Lipinski definition) is 5. The van der Waals surface area contributed by atoms with Crippen molar-refractivity contribution in [2.24, 2.45) is 0 Å². The molecule has 1 aromatic carbocycles. The molecule has 2 aromatic rings. The Morgan fingerprint density at radius 3 is 2.95 bits per heavy atom. The van der Waals surface area contributed by atoms with E-state index in [9.17, 15) is 5.11 Å². The summed E-state index contributed by atoms with van der Waals surface area (Å²) in [6.07, 6.45) is 0.614. The van der Waals surface area contributed by atoms with Crippen LogP contribution in [0, 0.1) is 11.3 Å². The molecule has 19 heavy (non-hydrogen) atoms. The van der Waals surface area contributed by atoms with Gasteiger partial charge in [0.25, 0.3) is 0 Å². The molecule has 0 radical (unpaired) electrons. The number of nitriles is 1. The zero-order chi connectivity index (χ0) is 13.8. The topological polar surface area (TPSA) is 89.2 Å². The van der Waals surface area contributed by atoms with E-state index in [-0.39, 0.29) is 13.2 Å². The fraction of sp³-hybridized carbons (Fsp3) is 0.231. The number of anilines is 1. The number of nitrogens with zero attached hydrogens (tertiary/aromatic N) is 2. The molecular formula is C13H12BrN3O2. The maximum Gasteiger partial charge on any atom is 0.103 e. The van der Waals surface area contributed by atoms with E-state index in [1.807, 2.05) is 18.2 Å². The molecule has 0 saturated heterocycles. The second kappa shape index (κ2) is 5.97. The Balaban J connectivity index is 2.50. The van der Waals surface area contributed by atoms with Gasteiger partial charge in [0, 0.05) is 22.6 Å². The van der Waals surface area contributed by atoms with Gasteiger partial charge in [-0.3, -0.25) is 4.98 Å². The summed E-state index contributed by atoms with van der Waals surface area (Å²) in [5.41, 5.74) is 1.75. The fourth-order valence-corrected chi connectivity index (χ4v) is 2.22. The molecule has 1 aromatic heterocycles. The average molecular weight is 322 g/mol. The zero-order valence-electron chi connectivity index (χ0n) is 9.97. The van der Waals surface area contributed by atoms with Crippen LogP contribution in [0.5, 0.6) is 0 Å². The molecular weight excluding hydrogens is 310 g/mol. The second-order valence-corrected chi connectivity index (χ2v) is 4.87. The fourth-order valence-electron chi connectivity index (χ4n) is 1.75. The minimum atomic E-state index is -0.873.